The van der Waals surface area contributed by atoms with E-state index < -0.39 is 4.92 Å². The Balaban J connectivity index is 1.77. The Hall–Kier alpha value is -3.22. The van der Waals surface area contributed by atoms with Crippen LogP contribution in [0.5, 0.6) is 5.75 Å². The maximum Gasteiger partial charge on any atom is 0.270 e. The molecule has 0 aliphatic carbocycles. The minimum atomic E-state index is -0.467. The van der Waals surface area contributed by atoms with Crippen LogP contribution in [0.1, 0.15) is 11.1 Å². The number of non-ortho nitro benzene ring substituents is 1. The van der Waals surface area contributed by atoms with E-state index in [1.807, 2.05) is 31.2 Å². The Morgan fingerprint density at radius 3 is 2.76 bits per heavy atom. The minimum Gasteiger partial charge on any atom is -0.484 e. The number of nitro benzene ring substituents is 1. The highest BCUT2D eigenvalue weighted by Crippen LogP contribution is 2.26. The van der Waals surface area contributed by atoms with Crippen molar-refractivity contribution in [2.75, 3.05) is 24.6 Å². The Morgan fingerprint density at radius 2 is 2.04 bits per heavy atom. The normalized spacial score (nSPS) is 13.1. The first-order chi connectivity index (χ1) is 12.0. The van der Waals surface area contributed by atoms with Gasteiger partial charge in [0, 0.05) is 30.5 Å². The fraction of sp³-hybridized carbons (Fsp3) is 0.222. The summed E-state index contributed by atoms with van der Waals surface area (Å²) in [5.41, 5.74) is 2.23. The number of carbonyl (C=O) groups is 1. The lowest BCUT2D eigenvalue weighted by Crippen LogP contribution is -2.36. The molecular formula is C18H17N3O4. The van der Waals surface area contributed by atoms with E-state index in [4.69, 9.17) is 4.74 Å². The number of benzodiazepines with no additional fused rings is 1. The van der Waals surface area contributed by atoms with E-state index in [1.165, 1.54) is 12.1 Å². The number of hydrogen-bond donors (Lipinski definition) is 0. The second-order valence-corrected chi connectivity index (χ2v) is 5.68. The number of nitrogens with zero attached hydrogens (tertiary/aromatic N) is 3. The van der Waals surface area contributed by atoms with Crippen LogP contribution >= 0.6 is 0 Å². The van der Waals surface area contributed by atoms with Gasteiger partial charge in [-0.1, -0.05) is 17.7 Å². The highest BCUT2D eigenvalue weighted by Gasteiger charge is 2.22. The van der Waals surface area contributed by atoms with Crippen LogP contribution < -0.4 is 9.64 Å². The third-order valence-electron chi connectivity index (χ3n) is 3.88. The molecule has 2 aromatic rings. The van der Waals surface area contributed by atoms with Crippen molar-refractivity contribution in [2.45, 2.75) is 6.92 Å². The summed E-state index contributed by atoms with van der Waals surface area (Å²) in [4.78, 5) is 28.8. The van der Waals surface area contributed by atoms with Crippen LogP contribution in [-0.4, -0.2) is 36.7 Å². The number of aliphatic imine (C=N–C) groups is 1. The van der Waals surface area contributed by atoms with Crippen molar-refractivity contribution in [2.24, 2.45) is 4.99 Å². The quantitative estimate of drug-likeness (QED) is 0.633. The SMILES string of the molecule is Cc1ccc(OCC(=O)N2CCN=Cc3cc([N+](=O)[O-])ccc32)cc1. The van der Waals surface area contributed by atoms with E-state index in [0.29, 0.717) is 30.1 Å². The Labute approximate surface area is 144 Å². The maximum absolute atomic E-state index is 12.6. The molecule has 0 saturated heterocycles. The van der Waals surface area contributed by atoms with Crippen molar-refractivity contribution < 1.29 is 14.5 Å². The molecule has 7 heteroatoms. The highest BCUT2D eigenvalue weighted by atomic mass is 16.6. The lowest BCUT2D eigenvalue weighted by Gasteiger charge is -2.22. The van der Waals surface area contributed by atoms with Crippen molar-refractivity contribution >= 4 is 23.5 Å². The molecule has 0 spiro atoms. The number of fused-ring (bicyclic) bond motifs is 1. The molecule has 0 saturated carbocycles. The summed E-state index contributed by atoms with van der Waals surface area (Å²) in [5, 5.41) is 10.9. The first-order valence-corrected chi connectivity index (χ1v) is 7.83. The molecule has 0 aromatic heterocycles. The molecule has 0 bridgehead atoms. The molecule has 1 amide bonds. The first-order valence-electron chi connectivity index (χ1n) is 7.83. The first kappa shape index (κ1) is 16.6. The van der Waals surface area contributed by atoms with Gasteiger partial charge in [0.1, 0.15) is 5.75 Å². The summed E-state index contributed by atoms with van der Waals surface area (Å²) in [5.74, 6) is 0.398. The second kappa shape index (κ2) is 7.12. The topological polar surface area (TPSA) is 85.0 Å². The van der Waals surface area contributed by atoms with Crippen LogP contribution in [0.4, 0.5) is 11.4 Å². The van der Waals surface area contributed by atoms with Crippen LogP contribution in [0, 0.1) is 17.0 Å². The monoisotopic (exact) mass is 339 g/mol. The summed E-state index contributed by atoms with van der Waals surface area (Å²) in [7, 11) is 0. The number of hydrogen-bond acceptors (Lipinski definition) is 5. The molecule has 128 valence electrons. The molecule has 3 rings (SSSR count). The molecule has 0 N–H and O–H groups in total. The number of amides is 1. The van der Waals surface area contributed by atoms with Gasteiger partial charge in [0.25, 0.3) is 11.6 Å². The Morgan fingerprint density at radius 1 is 1.28 bits per heavy atom. The molecule has 0 radical (unpaired) electrons. The van der Waals surface area contributed by atoms with Gasteiger partial charge >= 0.3 is 0 Å². The van der Waals surface area contributed by atoms with Gasteiger partial charge in [0.2, 0.25) is 0 Å². The van der Waals surface area contributed by atoms with E-state index in [0.717, 1.165) is 5.56 Å². The number of carbonyl (C=O) groups excluding carboxylic acids is 1. The lowest BCUT2D eigenvalue weighted by molar-refractivity contribution is -0.384. The number of aryl methyl sites for hydroxylation is 1. The maximum atomic E-state index is 12.6. The average Bonchev–Trinajstić information content (AvgIpc) is 2.82. The number of nitro groups is 1. The van der Waals surface area contributed by atoms with Gasteiger partial charge in [0.15, 0.2) is 6.61 Å². The van der Waals surface area contributed by atoms with Gasteiger partial charge in [-0.25, -0.2) is 0 Å². The van der Waals surface area contributed by atoms with E-state index in [-0.39, 0.29) is 18.2 Å². The molecule has 0 atom stereocenters. The van der Waals surface area contributed by atoms with Gasteiger partial charge < -0.3 is 9.64 Å². The number of benzene rings is 2. The van der Waals surface area contributed by atoms with Gasteiger partial charge in [-0.3, -0.25) is 19.9 Å². The molecule has 2 aromatic carbocycles. The van der Waals surface area contributed by atoms with Crippen molar-refractivity contribution in [3.05, 3.63) is 63.7 Å². The van der Waals surface area contributed by atoms with Crippen molar-refractivity contribution in [3.63, 3.8) is 0 Å². The molecule has 25 heavy (non-hydrogen) atoms. The summed E-state index contributed by atoms with van der Waals surface area (Å²) in [6.45, 7) is 2.69. The standard InChI is InChI=1S/C18H17N3O4/c1-13-2-5-16(6-3-13)25-12-18(22)20-9-8-19-11-14-10-15(21(23)24)4-7-17(14)20/h2-7,10-11H,8-9,12H2,1H3. The van der Waals surface area contributed by atoms with Crippen molar-refractivity contribution in [3.8, 4) is 5.75 Å². The average molecular weight is 339 g/mol. The van der Waals surface area contributed by atoms with E-state index in [2.05, 4.69) is 4.99 Å². The van der Waals surface area contributed by atoms with E-state index in [1.54, 1.807) is 17.2 Å². The largest absolute Gasteiger partial charge is 0.484 e. The van der Waals surface area contributed by atoms with Crippen LogP contribution in [-0.2, 0) is 4.79 Å². The van der Waals surface area contributed by atoms with Crippen LogP contribution in [0.15, 0.2) is 47.5 Å². The summed E-state index contributed by atoms with van der Waals surface area (Å²) in [6.07, 6.45) is 1.57. The zero-order chi connectivity index (χ0) is 17.8. The van der Waals surface area contributed by atoms with Gasteiger partial charge in [0.05, 0.1) is 17.2 Å². The minimum absolute atomic E-state index is 0.0320. The number of anilines is 1. The highest BCUT2D eigenvalue weighted by molar-refractivity contribution is 6.01. The lowest BCUT2D eigenvalue weighted by atomic mass is 10.1. The summed E-state index contributed by atoms with van der Waals surface area (Å²) >= 11 is 0. The smallest absolute Gasteiger partial charge is 0.270 e. The van der Waals surface area contributed by atoms with Gasteiger partial charge in [-0.15, -0.1) is 0 Å². The summed E-state index contributed by atoms with van der Waals surface area (Å²) < 4.78 is 5.55. The predicted octanol–water partition coefficient (Wildman–Crippen LogP) is 2.75. The van der Waals surface area contributed by atoms with Crippen LogP contribution in [0.25, 0.3) is 0 Å². The molecule has 0 fully saturated rings. The van der Waals surface area contributed by atoms with Gasteiger partial charge in [-0.05, 0) is 25.1 Å². The second-order valence-electron chi connectivity index (χ2n) is 5.68. The molecule has 1 aliphatic heterocycles. The fourth-order valence-corrected chi connectivity index (χ4v) is 2.56. The van der Waals surface area contributed by atoms with Crippen LogP contribution in [0.3, 0.4) is 0 Å². The molecule has 0 unspecified atom stereocenters. The van der Waals surface area contributed by atoms with Crippen molar-refractivity contribution in [1.29, 1.82) is 0 Å². The number of ether oxygens (including phenoxy) is 1. The number of rotatable bonds is 4. The summed E-state index contributed by atoms with van der Waals surface area (Å²) in [6, 6.07) is 11.8. The molecule has 1 aliphatic rings. The third-order valence-corrected chi connectivity index (χ3v) is 3.88. The molecular weight excluding hydrogens is 322 g/mol. The Kier molecular flexibility index (Phi) is 4.74. The molecule has 7 nitrogen and oxygen atoms in total. The van der Waals surface area contributed by atoms with Crippen molar-refractivity contribution in [1.82, 2.24) is 0 Å². The fourth-order valence-electron chi connectivity index (χ4n) is 2.56. The third kappa shape index (κ3) is 3.82. The van der Waals surface area contributed by atoms with Crippen LogP contribution in [0.2, 0.25) is 0 Å². The molecule has 1 heterocycles. The Bertz CT molecular complexity index is 831. The van der Waals surface area contributed by atoms with E-state index >= 15 is 0 Å². The van der Waals surface area contributed by atoms with Gasteiger partial charge in [-0.2, -0.15) is 0 Å². The zero-order valence-electron chi connectivity index (χ0n) is 13.7. The predicted molar refractivity (Wildman–Crippen MR) is 94.6 cm³/mol. The van der Waals surface area contributed by atoms with E-state index in [9.17, 15) is 14.9 Å². The zero-order valence-corrected chi connectivity index (χ0v) is 13.7.